The summed E-state index contributed by atoms with van der Waals surface area (Å²) >= 11 is 2.89. The van der Waals surface area contributed by atoms with Crippen LogP contribution in [0, 0.1) is 6.92 Å². The predicted octanol–water partition coefficient (Wildman–Crippen LogP) is 4.51. The molecule has 2 N–H and O–H groups in total. The number of nitrogens with zero attached hydrogens (tertiary/aromatic N) is 2. The maximum atomic E-state index is 13.0. The van der Waals surface area contributed by atoms with Crippen LogP contribution in [-0.4, -0.2) is 27.3 Å². The van der Waals surface area contributed by atoms with Gasteiger partial charge in [-0.05, 0) is 46.8 Å². The maximum absolute atomic E-state index is 13.0. The van der Waals surface area contributed by atoms with Crippen molar-refractivity contribution in [1.29, 1.82) is 0 Å². The van der Waals surface area contributed by atoms with Gasteiger partial charge in [0.1, 0.15) is 6.04 Å². The van der Waals surface area contributed by atoms with Gasteiger partial charge < -0.3 is 10.4 Å². The largest absolute Gasteiger partial charge is 0.436 e. The molecule has 2 unspecified atom stereocenters. The zero-order valence-electron chi connectivity index (χ0n) is 16.0. The number of halogens is 4. The average molecular weight is 462 g/mol. The Morgan fingerprint density at radius 3 is 2.21 bits per heavy atom. The highest BCUT2D eigenvalue weighted by atomic mass is 79.9. The molecule has 154 valence electrons. The first kappa shape index (κ1) is 22.4. The van der Waals surface area contributed by atoms with E-state index >= 15 is 0 Å². The molecule has 0 saturated carbocycles. The number of carbonyl (C=O) groups excluding carboxylic acids is 1. The molecule has 0 fully saturated rings. The Morgan fingerprint density at radius 1 is 1.21 bits per heavy atom. The third-order valence-corrected chi connectivity index (χ3v) is 5.50. The number of nitrogens with one attached hydrogen (secondary N) is 1. The Kier molecular flexibility index (Phi) is 6.93. The molecule has 0 aliphatic carbocycles. The van der Waals surface area contributed by atoms with Gasteiger partial charge in [-0.25, -0.2) is 0 Å². The molecule has 0 aliphatic heterocycles. The van der Waals surface area contributed by atoms with Gasteiger partial charge in [0.15, 0.2) is 5.69 Å². The smallest absolute Gasteiger partial charge is 0.387 e. The van der Waals surface area contributed by atoms with Gasteiger partial charge in [0.05, 0.1) is 16.3 Å². The SMILES string of the molecule is Cc1c(Br)c(C(F)(F)F)nn1C(C)C(=O)NCC(O)c1ccc(C(C)C)cc1. The first-order chi connectivity index (χ1) is 12.9. The van der Waals surface area contributed by atoms with Crippen molar-refractivity contribution in [1.82, 2.24) is 15.1 Å². The number of amides is 1. The number of aliphatic hydroxyl groups excluding tert-OH is 1. The molecule has 0 bridgehead atoms. The fourth-order valence-electron chi connectivity index (χ4n) is 2.73. The van der Waals surface area contributed by atoms with Crippen molar-refractivity contribution < 1.29 is 23.1 Å². The van der Waals surface area contributed by atoms with E-state index in [2.05, 4.69) is 40.2 Å². The van der Waals surface area contributed by atoms with Gasteiger partial charge in [-0.1, -0.05) is 38.1 Å². The van der Waals surface area contributed by atoms with Gasteiger partial charge >= 0.3 is 6.18 Å². The topological polar surface area (TPSA) is 67.2 Å². The van der Waals surface area contributed by atoms with Crippen LogP contribution in [0.1, 0.15) is 61.3 Å². The molecular formula is C19H23BrF3N3O2. The van der Waals surface area contributed by atoms with Gasteiger partial charge in [0, 0.05) is 6.54 Å². The predicted molar refractivity (Wildman–Crippen MR) is 103 cm³/mol. The van der Waals surface area contributed by atoms with E-state index in [9.17, 15) is 23.1 Å². The molecule has 2 aromatic rings. The number of alkyl halides is 3. The van der Waals surface area contributed by atoms with Crippen LogP contribution in [0.2, 0.25) is 0 Å². The minimum absolute atomic E-state index is 0.0577. The lowest BCUT2D eigenvalue weighted by molar-refractivity contribution is -0.142. The number of aliphatic hydroxyl groups is 1. The van der Waals surface area contributed by atoms with Crippen LogP contribution in [-0.2, 0) is 11.0 Å². The second kappa shape index (κ2) is 8.65. The average Bonchev–Trinajstić information content (AvgIpc) is 2.94. The summed E-state index contributed by atoms with van der Waals surface area (Å²) in [5.41, 5.74) is 0.901. The van der Waals surface area contributed by atoms with Crippen LogP contribution in [0.5, 0.6) is 0 Å². The van der Waals surface area contributed by atoms with Gasteiger partial charge in [0.2, 0.25) is 5.91 Å². The highest BCUT2D eigenvalue weighted by Crippen LogP contribution is 2.36. The maximum Gasteiger partial charge on any atom is 0.436 e. The minimum atomic E-state index is -4.62. The van der Waals surface area contributed by atoms with Gasteiger partial charge in [0.25, 0.3) is 0 Å². The summed E-state index contributed by atoms with van der Waals surface area (Å²) in [6.07, 6.45) is -5.54. The number of aromatic nitrogens is 2. The van der Waals surface area contributed by atoms with E-state index in [0.29, 0.717) is 11.5 Å². The van der Waals surface area contributed by atoms with Crippen molar-refractivity contribution in [3.63, 3.8) is 0 Å². The van der Waals surface area contributed by atoms with E-state index in [-0.39, 0.29) is 16.7 Å². The molecule has 5 nitrogen and oxygen atoms in total. The summed E-state index contributed by atoms with van der Waals surface area (Å²) < 4.78 is 39.8. The highest BCUT2D eigenvalue weighted by molar-refractivity contribution is 9.10. The number of hydrogen-bond acceptors (Lipinski definition) is 3. The van der Waals surface area contributed by atoms with Crippen LogP contribution >= 0.6 is 15.9 Å². The van der Waals surface area contributed by atoms with E-state index in [1.54, 1.807) is 12.1 Å². The van der Waals surface area contributed by atoms with E-state index in [1.165, 1.54) is 13.8 Å². The number of rotatable bonds is 6. The molecule has 28 heavy (non-hydrogen) atoms. The Bertz CT molecular complexity index is 832. The summed E-state index contributed by atoms with van der Waals surface area (Å²) in [7, 11) is 0. The van der Waals surface area contributed by atoms with Crippen molar-refractivity contribution in [3.8, 4) is 0 Å². The second-order valence-electron chi connectivity index (χ2n) is 6.95. The normalized spacial score (nSPS) is 14.2. The summed E-state index contributed by atoms with van der Waals surface area (Å²) in [4.78, 5) is 12.4. The first-order valence-corrected chi connectivity index (χ1v) is 9.60. The number of hydrogen-bond donors (Lipinski definition) is 2. The van der Waals surface area contributed by atoms with E-state index < -0.39 is 29.9 Å². The monoisotopic (exact) mass is 461 g/mol. The van der Waals surface area contributed by atoms with Gasteiger partial charge in [-0.15, -0.1) is 0 Å². The van der Waals surface area contributed by atoms with Crippen LogP contribution < -0.4 is 5.32 Å². The van der Waals surface area contributed by atoms with Crippen molar-refractivity contribution in [2.45, 2.75) is 51.9 Å². The molecule has 1 heterocycles. The first-order valence-electron chi connectivity index (χ1n) is 8.80. The highest BCUT2D eigenvalue weighted by Gasteiger charge is 2.39. The standard InChI is InChI=1S/C19H23BrF3N3O2/c1-10(2)13-5-7-14(8-6-13)15(27)9-24-18(28)12(4)26-11(3)16(20)17(25-26)19(21,22)23/h5-8,10,12,15,27H,9H2,1-4H3,(H,24,28). The molecule has 2 atom stereocenters. The minimum Gasteiger partial charge on any atom is -0.387 e. The Hall–Kier alpha value is -1.87. The third-order valence-electron chi connectivity index (χ3n) is 4.55. The molecule has 1 aromatic heterocycles. The van der Waals surface area contributed by atoms with Crippen LogP contribution in [0.4, 0.5) is 13.2 Å². The third kappa shape index (κ3) is 4.94. The van der Waals surface area contributed by atoms with Crippen LogP contribution in [0.3, 0.4) is 0 Å². The van der Waals surface area contributed by atoms with Crippen molar-refractivity contribution in [2.75, 3.05) is 6.54 Å². The summed E-state index contributed by atoms with van der Waals surface area (Å²) in [5, 5.41) is 16.4. The van der Waals surface area contributed by atoms with Crippen molar-refractivity contribution in [2.24, 2.45) is 0 Å². The molecule has 9 heteroatoms. The van der Waals surface area contributed by atoms with Gasteiger partial charge in [-0.3, -0.25) is 9.48 Å². The molecule has 2 rings (SSSR count). The molecule has 1 aromatic carbocycles. The second-order valence-corrected chi connectivity index (χ2v) is 7.74. The van der Waals surface area contributed by atoms with Crippen molar-refractivity contribution in [3.05, 3.63) is 51.3 Å². The Labute approximate surface area is 170 Å². The summed E-state index contributed by atoms with van der Waals surface area (Å²) in [6, 6.07) is 6.44. The van der Waals surface area contributed by atoms with E-state index in [0.717, 1.165) is 10.2 Å². The quantitative estimate of drug-likeness (QED) is 0.664. The fourth-order valence-corrected chi connectivity index (χ4v) is 3.22. The molecular weight excluding hydrogens is 439 g/mol. The van der Waals surface area contributed by atoms with Gasteiger partial charge in [-0.2, -0.15) is 18.3 Å². The lowest BCUT2D eigenvalue weighted by atomic mass is 10.00. The van der Waals surface area contributed by atoms with E-state index in [4.69, 9.17) is 0 Å². The number of benzene rings is 1. The molecule has 1 amide bonds. The van der Waals surface area contributed by atoms with E-state index in [1.807, 2.05) is 12.1 Å². The zero-order chi connectivity index (χ0) is 21.2. The Morgan fingerprint density at radius 2 is 1.75 bits per heavy atom. The lowest BCUT2D eigenvalue weighted by Crippen LogP contribution is -2.34. The molecule has 0 spiro atoms. The summed E-state index contributed by atoms with van der Waals surface area (Å²) in [6.45, 7) is 6.96. The molecule has 0 aliphatic rings. The lowest BCUT2D eigenvalue weighted by Gasteiger charge is -2.17. The zero-order valence-corrected chi connectivity index (χ0v) is 17.6. The fraction of sp³-hybridized carbons (Fsp3) is 0.474. The van der Waals surface area contributed by atoms with Crippen molar-refractivity contribution >= 4 is 21.8 Å². The molecule has 0 radical (unpaired) electrons. The van der Waals surface area contributed by atoms with Crippen LogP contribution in [0.25, 0.3) is 0 Å². The molecule has 0 saturated heterocycles. The number of carbonyl (C=O) groups is 1. The summed E-state index contributed by atoms with van der Waals surface area (Å²) in [5.74, 6) is -0.172. The van der Waals surface area contributed by atoms with Crippen LogP contribution in [0.15, 0.2) is 28.7 Å². The Balaban J connectivity index is 2.05.